The lowest BCUT2D eigenvalue weighted by molar-refractivity contribution is 0.0636. The van der Waals surface area contributed by atoms with Gasteiger partial charge in [0.25, 0.3) is 0 Å². The molecule has 0 saturated carbocycles. The lowest BCUT2D eigenvalue weighted by atomic mass is 10.2. The first-order valence-corrected chi connectivity index (χ1v) is 7.75. The number of rotatable bonds is 2. The molecule has 0 aliphatic rings. The molecule has 0 aliphatic heterocycles. The Morgan fingerprint density at radius 3 is 2.37 bits per heavy atom. The van der Waals surface area contributed by atoms with Crippen LogP contribution in [0, 0.1) is 0 Å². The van der Waals surface area contributed by atoms with Gasteiger partial charge in [0.1, 0.15) is 5.60 Å². The van der Waals surface area contributed by atoms with Gasteiger partial charge in [-0.3, -0.25) is 5.32 Å². The van der Waals surface area contributed by atoms with E-state index in [4.69, 9.17) is 16.3 Å². The molecular weight excluding hydrogens is 290 g/mol. The molecule has 0 unspecified atom stereocenters. The zero-order valence-corrected chi connectivity index (χ0v) is 12.7. The number of nitrogens with one attached hydrogen (secondary N) is 1. The zero-order valence-electron chi connectivity index (χ0n) is 11.2. The molecule has 19 heavy (non-hydrogen) atoms. The average molecular weight is 306 g/mol. The van der Waals surface area contributed by atoms with Gasteiger partial charge < -0.3 is 4.74 Å². The van der Waals surface area contributed by atoms with Crippen molar-refractivity contribution < 1.29 is 17.9 Å². The van der Waals surface area contributed by atoms with Gasteiger partial charge in [-0.25, -0.2) is 13.2 Å². The van der Waals surface area contributed by atoms with Gasteiger partial charge >= 0.3 is 6.09 Å². The van der Waals surface area contributed by atoms with Crippen molar-refractivity contribution in [3.05, 3.63) is 23.2 Å². The van der Waals surface area contributed by atoms with E-state index in [1.54, 1.807) is 20.8 Å². The first kappa shape index (κ1) is 15.8. The van der Waals surface area contributed by atoms with E-state index >= 15 is 0 Å². The maximum atomic E-state index is 11.6. The Morgan fingerprint density at radius 2 is 1.89 bits per heavy atom. The minimum Gasteiger partial charge on any atom is -0.444 e. The van der Waals surface area contributed by atoms with Crippen LogP contribution in [-0.4, -0.2) is 26.4 Å². The summed E-state index contributed by atoms with van der Waals surface area (Å²) in [5.74, 6) is 0. The van der Waals surface area contributed by atoms with Gasteiger partial charge in [-0.15, -0.1) is 0 Å². The standard InChI is InChI=1S/C12H16ClNO4S/c1-12(2,3)18-11(15)14-10-7-8(19(4,16)17)5-6-9(10)13/h5-7H,1-4H3,(H,14,15). The van der Waals surface area contributed by atoms with Gasteiger partial charge in [0.2, 0.25) is 0 Å². The van der Waals surface area contributed by atoms with Gasteiger partial charge in [-0.1, -0.05) is 11.6 Å². The van der Waals surface area contributed by atoms with Crippen LogP contribution in [0.5, 0.6) is 0 Å². The molecule has 0 atom stereocenters. The van der Waals surface area contributed by atoms with Gasteiger partial charge in [-0.2, -0.15) is 0 Å². The Hall–Kier alpha value is -1.27. The molecule has 0 heterocycles. The van der Waals surface area contributed by atoms with E-state index in [0.717, 1.165) is 6.26 Å². The molecule has 1 amide bonds. The molecule has 1 aromatic rings. The topological polar surface area (TPSA) is 72.5 Å². The van der Waals surface area contributed by atoms with Gasteiger partial charge in [-0.05, 0) is 39.0 Å². The highest BCUT2D eigenvalue weighted by Gasteiger charge is 2.18. The third-order valence-electron chi connectivity index (χ3n) is 2.00. The number of ether oxygens (including phenoxy) is 1. The van der Waals surface area contributed by atoms with E-state index in [-0.39, 0.29) is 15.6 Å². The Bertz CT molecular complexity index is 590. The van der Waals surface area contributed by atoms with Crippen LogP contribution in [0.2, 0.25) is 5.02 Å². The summed E-state index contributed by atoms with van der Waals surface area (Å²) < 4.78 is 27.9. The van der Waals surface area contributed by atoms with E-state index in [2.05, 4.69) is 5.32 Å². The number of sulfone groups is 1. The normalized spacial score (nSPS) is 12.1. The van der Waals surface area contributed by atoms with E-state index in [1.807, 2.05) is 0 Å². The highest BCUT2D eigenvalue weighted by Crippen LogP contribution is 2.25. The number of halogens is 1. The molecule has 0 spiro atoms. The van der Waals surface area contributed by atoms with Crippen LogP contribution in [0.15, 0.2) is 23.1 Å². The molecule has 7 heteroatoms. The van der Waals surface area contributed by atoms with Crippen LogP contribution in [-0.2, 0) is 14.6 Å². The largest absolute Gasteiger partial charge is 0.444 e. The predicted molar refractivity (Wildman–Crippen MR) is 74.4 cm³/mol. The van der Waals surface area contributed by atoms with Crippen LogP contribution in [0.25, 0.3) is 0 Å². The molecule has 0 aromatic heterocycles. The maximum Gasteiger partial charge on any atom is 0.412 e. The number of anilines is 1. The van der Waals surface area contributed by atoms with Crippen LogP contribution in [0.4, 0.5) is 10.5 Å². The van der Waals surface area contributed by atoms with Crippen LogP contribution >= 0.6 is 11.6 Å². The summed E-state index contributed by atoms with van der Waals surface area (Å²) in [5.41, 5.74) is -0.454. The maximum absolute atomic E-state index is 11.6. The van der Waals surface area contributed by atoms with Crippen molar-refractivity contribution in [3.8, 4) is 0 Å². The van der Waals surface area contributed by atoms with Crippen molar-refractivity contribution >= 4 is 33.2 Å². The van der Waals surface area contributed by atoms with E-state index in [0.29, 0.717) is 0 Å². The Labute approximate surface area is 117 Å². The van der Waals surface area contributed by atoms with Gasteiger partial charge in [0.15, 0.2) is 9.84 Å². The summed E-state index contributed by atoms with van der Waals surface area (Å²) in [4.78, 5) is 11.7. The third kappa shape index (κ3) is 5.08. The van der Waals surface area contributed by atoms with Crippen molar-refractivity contribution in [2.75, 3.05) is 11.6 Å². The smallest absolute Gasteiger partial charge is 0.412 e. The van der Waals surface area contributed by atoms with Crippen molar-refractivity contribution in [2.24, 2.45) is 0 Å². The minimum absolute atomic E-state index is 0.0722. The third-order valence-corrected chi connectivity index (χ3v) is 3.44. The summed E-state index contributed by atoms with van der Waals surface area (Å²) >= 11 is 5.90. The minimum atomic E-state index is -3.36. The molecule has 0 saturated heterocycles. The Kier molecular flexibility index (Phi) is 4.47. The first-order valence-electron chi connectivity index (χ1n) is 5.49. The molecule has 5 nitrogen and oxygen atoms in total. The van der Waals surface area contributed by atoms with Gasteiger partial charge in [0.05, 0.1) is 15.6 Å². The molecule has 1 rings (SSSR count). The highest BCUT2D eigenvalue weighted by atomic mass is 35.5. The number of hydrogen-bond donors (Lipinski definition) is 1. The fourth-order valence-corrected chi connectivity index (χ4v) is 2.06. The molecule has 0 aliphatic carbocycles. The van der Waals surface area contributed by atoms with E-state index < -0.39 is 21.5 Å². The number of benzene rings is 1. The highest BCUT2D eigenvalue weighted by molar-refractivity contribution is 7.90. The van der Waals surface area contributed by atoms with E-state index in [9.17, 15) is 13.2 Å². The summed E-state index contributed by atoms with van der Waals surface area (Å²) in [6, 6.07) is 4.07. The summed E-state index contributed by atoms with van der Waals surface area (Å²) in [7, 11) is -3.36. The summed E-state index contributed by atoms with van der Waals surface area (Å²) in [6.07, 6.45) is 0.382. The monoisotopic (exact) mass is 305 g/mol. The fraction of sp³-hybridized carbons (Fsp3) is 0.417. The van der Waals surface area contributed by atoms with Crippen LogP contribution in [0.1, 0.15) is 20.8 Å². The second-order valence-electron chi connectivity index (χ2n) is 5.04. The van der Waals surface area contributed by atoms with Crippen LogP contribution < -0.4 is 5.32 Å². The molecule has 0 fully saturated rings. The first-order chi connectivity index (χ1) is 8.49. The second kappa shape index (κ2) is 5.38. The van der Waals surface area contributed by atoms with Crippen molar-refractivity contribution in [2.45, 2.75) is 31.3 Å². The Morgan fingerprint density at radius 1 is 1.32 bits per heavy atom. The number of amides is 1. The van der Waals surface area contributed by atoms with Crippen LogP contribution in [0.3, 0.4) is 0 Å². The van der Waals surface area contributed by atoms with Crippen molar-refractivity contribution in [1.82, 2.24) is 0 Å². The SMILES string of the molecule is CC(C)(C)OC(=O)Nc1cc(S(C)(=O)=O)ccc1Cl. The second-order valence-corrected chi connectivity index (χ2v) is 7.46. The van der Waals surface area contributed by atoms with Gasteiger partial charge in [0, 0.05) is 6.26 Å². The zero-order chi connectivity index (χ0) is 14.8. The predicted octanol–water partition coefficient (Wildman–Crippen LogP) is 3.09. The molecule has 0 bridgehead atoms. The van der Waals surface area contributed by atoms with Crippen molar-refractivity contribution in [3.63, 3.8) is 0 Å². The lowest BCUT2D eigenvalue weighted by Crippen LogP contribution is -2.27. The molecule has 106 valence electrons. The summed E-state index contributed by atoms with van der Waals surface area (Å²) in [6.45, 7) is 5.17. The fourth-order valence-electron chi connectivity index (χ4n) is 1.24. The number of hydrogen-bond acceptors (Lipinski definition) is 4. The Balaban J connectivity index is 2.99. The average Bonchev–Trinajstić information content (AvgIpc) is 2.16. The molecule has 1 N–H and O–H groups in total. The summed E-state index contributed by atoms with van der Waals surface area (Å²) in [5, 5.41) is 2.66. The van der Waals surface area contributed by atoms with E-state index in [1.165, 1.54) is 18.2 Å². The lowest BCUT2D eigenvalue weighted by Gasteiger charge is -2.20. The molecule has 1 aromatic carbocycles. The van der Waals surface area contributed by atoms with Crippen molar-refractivity contribution in [1.29, 1.82) is 0 Å². The number of carbonyl (C=O) groups is 1. The molecule has 0 radical (unpaired) electrons. The quantitative estimate of drug-likeness (QED) is 0.911. The molecular formula is C12H16ClNO4S. The number of carbonyl (C=O) groups excluding carboxylic acids is 1.